The van der Waals surface area contributed by atoms with E-state index in [1.807, 2.05) is 74.5 Å². The number of aliphatic hydroxyl groups excluding tert-OH is 2. The highest BCUT2D eigenvalue weighted by atomic mass is 16.5. The van der Waals surface area contributed by atoms with Crippen LogP contribution < -0.4 is 21.3 Å². The van der Waals surface area contributed by atoms with Gasteiger partial charge in [-0.05, 0) is 113 Å². The van der Waals surface area contributed by atoms with Gasteiger partial charge < -0.3 is 66.0 Å². The summed E-state index contributed by atoms with van der Waals surface area (Å²) in [5.41, 5.74) is 1.11. The Balaban J connectivity index is 2.96. The Morgan fingerprint density at radius 1 is 0.478 bits per heavy atom. The number of nitrogens with one attached hydrogen (secondary N) is 4. The number of amides is 10. The third-order valence-corrected chi connectivity index (χ3v) is 17.4. The molecule has 2 rings (SSSR count). The van der Waals surface area contributed by atoms with E-state index in [-0.39, 0.29) is 68.1 Å². The minimum Gasteiger partial charge on any atom is -0.376 e. The molecule has 24 nitrogen and oxygen atoms in total. The van der Waals surface area contributed by atoms with Crippen LogP contribution in [0.15, 0.2) is 30.3 Å². The third-order valence-electron chi connectivity index (χ3n) is 17.4. The predicted molar refractivity (Wildman–Crippen MR) is 356 cm³/mol. The average molecular weight is 1300 g/mol. The number of hydrogen-bond donors (Lipinski definition) is 7. The molecule has 0 aliphatic carbocycles. The molecule has 10 amide bonds. The first-order chi connectivity index (χ1) is 42.6. The number of benzene rings is 1. The molecule has 12 atom stereocenters. The standard InChI is InChI=1S/C68H117N11O13/c1-24-49-63(86)73(17)37-55(80)74(18)50(32-38(2)3)61(84)72-56(42(10)11)66(89)75(19)51(33-39(4)5)59(82)69-45(15)58(81)70-46(16)62(85)77(21)53(34-40(6)7)64(87)78(22)54(35-41(8)9)65(88)79(23)57(43(12)13)67(90)76(20)52(60(83)71-49)36-44(14)26-25-27-47-28-30-48(31-29-47)68(91)92/h25,27-31,38-46,49-54,56-57,63,68,86,91-92H,24,26,32-37H2,1-23H3,(H,69,82)(H,70,81)(H,71,83)(H,72,84)/b27-25+/t44-,45?,46-,49+,50+,51+,52?,53?,54?,56?,57+,63?/m1/s1. The van der Waals surface area contributed by atoms with Gasteiger partial charge in [-0.25, -0.2) is 0 Å². The van der Waals surface area contributed by atoms with E-state index in [1.165, 1.54) is 97.5 Å². The number of aliphatic hydroxyl groups is 3. The van der Waals surface area contributed by atoms with E-state index in [4.69, 9.17) is 0 Å². The number of allylic oxidation sites excluding steroid dienone is 1. The molecule has 24 heteroatoms. The van der Waals surface area contributed by atoms with Crippen LogP contribution in [0, 0.1) is 41.4 Å². The molecule has 1 aromatic carbocycles. The maximum atomic E-state index is 15.3. The molecule has 0 radical (unpaired) electrons. The van der Waals surface area contributed by atoms with Crippen LogP contribution in [0.5, 0.6) is 0 Å². The molecule has 0 bridgehead atoms. The molecule has 6 unspecified atom stereocenters. The van der Waals surface area contributed by atoms with E-state index in [2.05, 4.69) is 21.3 Å². The molecule has 1 aliphatic rings. The third kappa shape index (κ3) is 23.5. The highest BCUT2D eigenvalue weighted by Crippen LogP contribution is 2.26. The van der Waals surface area contributed by atoms with Crippen LogP contribution in [0.1, 0.15) is 173 Å². The molecule has 92 heavy (non-hydrogen) atoms. The maximum absolute atomic E-state index is 15.3. The van der Waals surface area contributed by atoms with Gasteiger partial charge in [0.25, 0.3) is 0 Å². The van der Waals surface area contributed by atoms with Crippen molar-refractivity contribution < 1.29 is 63.3 Å². The van der Waals surface area contributed by atoms with Crippen LogP contribution >= 0.6 is 0 Å². The van der Waals surface area contributed by atoms with Crippen molar-refractivity contribution >= 4 is 65.1 Å². The summed E-state index contributed by atoms with van der Waals surface area (Å²) < 4.78 is 0. The van der Waals surface area contributed by atoms with Crippen molar-refractivity contribution in [3.63, 3.8) is 0 Å². The van der Waals surface area contributed by atoms with Gasteiger partial charge in [0.1, 0.15) is 60.6 Å². The first-order valence-corrected chi connectivity index (χ1v) is 32.9. The molecule has 522 valence electrons. The average Bonchev–Trinajstić information content (AvgIpc) is 0.822. The lowest BCUT2D eigenvalue weighted by molar-refractivity contribution is -0.156. The molecule has 0 spiro atoms. The van der Waals surface area contributed by atoms with Crippen molar-refractivity contribution in [1.82, 2.24) is 55.6 Å². The van der Waals surface area contributed by atoms with E-state index in [0.717, 1.165) is 5.56 Å². The fraction of sp³-hybridized carbons (Fsp3) is 0.735. The number of carbonyl (C=O) groups excluding carboxylic acids is 10. The molecular weight excluding hydrogens is 1180 g/mol. The van der Waals surface area contributed by atoms with Crippen molar-refractivity contribution in [2.24, 2.45) is 41.4 Å². The number of carbonyl (C=O) groups is 10. The van der Waals surface area contributed by atoms with Gasteiger partial charge in [-0.15, -0.1) is 0 Å². The SMILES string of the molecule is CC[C@@H]1NC(=O)C(C[C@H](C)C/C=C/c2ccc(C(O)O)cc2)N(C)C(=O)[C@H](C(C)C)N(C)C(=O)C(CC(C)C)N(C)C(=O)C(CC(C)C)N(C)C(=O)[C@@H](C)NC(=O)C(C)NC(=O)[C@H](CC(C)C)N(C)C(=O)C(C(C)C)NC(=O)[C@H](CC(C)C)N(C)C(=O)CN(C)C1O. The summed E-state index contributed by atoms with van der Waals surface area (Å²) in [5, 5.41) is 42.5. The number of nitrogens with zero attached hydrogens (tertiary/aromatic N) is 7. The molecule has 7 N–H and O–H groups in total. The van der Waals surface area contributed by atoms with E-state index < -0.39 is 150 Å². The second-order valence-electron chi connectivity index (χ2n) is 28.1. The summed E-state index contributed by atoms with van der Waals surface area (Å²) >= 11 is 0. The van der Waals surface area contributed by atoms with Crippen LogP contribution in [0.2, 0.25) is 0 Å². The predicted octanol–water partition coefficient (Wildman–Crippen LogP) is 4.21. The van der Waals surface area contributed by atoms with E-state index in [1.54, 1.807) is 58.9 Å². The van der Waals surface area contributed by atoms with Gasteiger partial charge in [0.05, 0.1) is 12.6 Å². The Labute approximate surface area is 549 Å². The van der Waals surface area contributed by atoms with Crippen LogP contribution in [0.4, 0.5) is 0 Å². The van der Waals surface area contributed by atoms with Gasteiger partial charge in [0, 0.05) is 47.8 Å². The number of likely N-dealkylation sites (N-methyl/N-ethyl adjacent to an activating group) is 7. The quantitative estimate of drug-likeness (QED) is 0.108. The van der Waals surface area contributed by atoms with Gasteiger partial charge in [-0.2, -0.15) is 0 Å². The zero-order valence-corrected chi connectivity index (χ0v) is 59.6. The summed E-state index contributed by atoms with van der Waals surface area (Å²) in [6, 6.07) is -4.84. The van der Waals surface area contributed by atoms with Crippen molar-refractivity contribution in [2.75, 3.05) is 55.9 Å². The normalized spacial score (nSPS) is 26.4. The second kappa shape index (κ2) is 37.4. The minimum atomic E-state index is -1.63. The van der Waals surface area contributed by atoms with Crippen LogP contribution in [0.25, 0.3) is 6.08 Å². The van der Waals surface area contributed by atoms with Crippen LogP contribution in [-0.4, -0.2) is 231 Å². The molecule has 0 saturated carbocycles. The lowest BCUT2D eigenvalue weighted by Gasteiger charge is -2.41. The van der Waals surface area contributed by atoms with E-state index in [9.17, 15) is 44.1 Å². The molecule has 1 saturated heterocycles. The van der Waals surface area contributed by atoms with Crippen molar-refractivity contribution in [1.29, 1.82) is 0 Å². The summed E-state index contributed by atoms with van der Waals surface area (Å²) in [5.74, 6) is -8.00. The van der Waals surface area contributed by atoms with Crippen LogP contribution in [0.3, 0.4) is 0 Å². The highest BCUT2D eigenvalue weighted by molar-refractivity contribution is 5.98. The first kappa shape index (κ1) is 81.6. The molecule has 1 heterocycles. The zero-order valence-electron chi connectivity index (χ0n) is 59.6. The molecular formula is C68H117N11O13. The van der Waals surface area contributed by atoms with Crippen LogP contribution in [-0.2, 0) is 47.9 Å². The Morgan fingerprint density at radius 2 is 0.891 bits per heavy atom. The lowest BCUT2D eigenvalue weighted by atomic mass is 9.93. The van der Waals surface area contributed by atoms with Gasteiger partial charge in [-0.3, -0.25) is 52.8 Å². The summed E-state index contributed by atoms with van der Waals surface area (Å²) in [6.07, 6.45) is 2.03. The first-order valence-electron chi connectivity index (χ1n) is 32.9. The Bertz CT molecular complexity index is 2650. The molecule has 1 aliphatic heterocycles. The van der Waals surface area contributed by atoms with Gasteiger partial charge in [-0.1, -0.05) is 133 Å². The smallest absolute Gasteiger partial charge is 0.246 e. The topological polar surface area (TPSA) is 302 Å². The largest absolute Gasteiger partial charge is 0.376 e. The van der Waals surface area contributed by atoms with Gasteiger partial charge >= 0.3 is 0 Å². The Hall–Kier alpha value is -6.50. The van der Waals surface area contributed by atoms with Crippen molar-refractivity contribution in [3.05, 3.63) is 41.5 Å². The van der Waals surface area contributed by atoms with E-state index >= 15 is 19.2 Å². The highest BCUT2D eigenvalue weighted by Gasteiger charge is 2.44. The number of rotatable bonds is 17. The summed E-state index contributed by atoms with van der Waals surface area (Å²) in [7, 11) is 10.3. The maximum Gasteiger partial charge on any atom is 0.246 e. The van der Waals surface area contributed by atoms with Crippen molar-refractivity contribution in [2.45, 2.75) is 229 Å². The fourth-order valence-corrected chi connectivity index (χ4v) is 11.6. The van der Waals surface area contributed by atoms with Gasteiger partial charge in [0.2, 0.25) is 59.1 Å². The number of hydrogen-bond acceptors (Lipinski definition) is 14. The van der Waals surface area contributed by atoms with Gasteiger partial charge in [0.15, 0.2) is 6.29 Å². The Morgan fingerprint density at radius 3 is 1.36 bits per heavy atom. The van der Waals surface area contributed by atoms with E-state index in [0.29, 0.717) is 12.0 Å². The lowest BCUT2D eigenvalue weighted by Crippen LogP contribution is -2.62. The summed E-state index contributed by atoms with van der Waals surface area (Å²) in [6.45, 7) is 28.2. The molecule has 1 aromatic rings. The second-order valence-corrected chi connectivity index (χ2v) is 28.1. The van der Waals surface area contributed by atoms with Crippen molar-refractivity contribution in [3.8, 4) is 0 Å². The molecule has 0 aromatic heterocycles. The molecule has 1 fully saturated rings. The minimum absolute atomic E-state index is 0.104. The summed E-state index contributed by atoms with van der Waals surface area (Å²) in [4.78, 5) is 156. The zero-order chi connectivity index (χ0) is 70.7. The fourth-order valence-electron chi connectivity index (χ4n) is 11.6. The monoisotopic (exact) mass is 1300 g/mol. The Kier molecular flexibility index (Phi) is 33.2.